The van der Waals surface area contributed by atoms with Crippen LogP contribution in [0.3, 0.4) is 0 Å². The lowest BCUT2D eigenvalue weighted by Crippen LogP contribution is -2.39. The van der Waals surface area contributed by atoms with Gasteiger partial charge in [0, 0.05) is 10.5 Å². The van der Waals surface area contributed by atoms with Crippen molar-refractivity contribution in [3.63, 3.8) is 0 Å². The highest BCUT2D eigenvalue weighted by molar-refractivity contribution is 9.10. The van der Waals surface area contributed by atoms with Crippen molar-refractivity contribution in [2.24, 2.45) is 11.7 Å². The predicted molar refractivity (Wildman–Crippen MR) is 74.6 cm³/mol. The zero-order chi connectivity index (χ0) is 13.2. The van der Waals surface area contributed by atoms with Gasteiger partial charge in [0.2, 0.25) is 10.0 Å². The van der Waals surface area contributed by atoms with E-state index in [0.29, 0.717) is 11.4 Å². The van der Waals surface area contributed by atoms with Crippen LogP contribution in [0.25, 0.3) is 0 Å². The van der Waals surface area contributed by atoms with Crippen LogP contribution in [0.4, 0.5) is 0 Å². The van der Waals surface area contributed by atoms with Crippen molar-refractivity contribution in [3.8, 4) is 0 Å². The Morgan fingerprint density at radius 3 is 2.56 bits per heavy atom. The second kappa shape index (κ2) is 5.69. The summed E-state index contributed by atoms with van der Waals surface area (Å²) in [7, 11) is -3.43. The third kappa shape index (κ3) is 3.12. The van der Waals surface area contributed by atoms with Gasteiger partial charge in [-0.1, -0.05) is 22.4 Å². The van der Waals surface area contributed by atoms with Crippen LogP contribution in [-0.2, 0) is 10.0 Å². The van der Waals surface area contributed by atoms with E-state index >= 15 is 0 Å². The van der Waals surface area contributed by atoms with Crippen molar-refractivity contribution in [1.82, 2.24) is 4.72 Å². The summed E-state index contributed by atoms with van der Waals surface area (Å²) in [4.78, 5) is 0.299. The molecule has 2 rings (SSSR count). The fourth-order valence-corrected chi connectivity index (χ4v) is 3.96. The Bertz CT molecular complexity index is 501. The molecule has 0 spiro atoms. The maximum absolute atomic E-state index is 12.2. The first-order valence-electron chi connectivity index (χ1n) is 6.01. The first-order valence-corrected chi connectivity index (χ1v) is 8.28. The Morgan fingerprint density at radius 1 is 1.28 bits per heavy atom. The predicted octanol–water partition coefficient (Wildman–Crippen LogP) is 1.85. The van der Waals surface area contributed by atoms with E-state index in [1.54, 1.807) is 24.3 Å². The van der Waals surface area contributed by atoms with Crippen molar-refractivity contribution >= 4 is 26.0 Å². The number of hydrogen-bond donors (Lipinski definition) is 2. The number of halogens is 1. The summed E-state index contributed by atoms with van der Waals surface area (Å²) >= 11 is 3.29. The van der Waals surface area contributed by atoms with E-state index in [1.807, 2.05) is 0 Å². The lowest BCUT2D eigenvalue weighted by Gasteiger charge is -2.19. The van der Waals surface area contributed by atoms with E-state index in [2.05, 4.69) is 20.7 Å². The molecule has 1 aliphatic rings. The van der Waals surface area contributed by atoms with Crippen LogP contribution in [0.5, 0.6) is 0 Å². The molecule has 1 aromatic rings. The van der Waals surface area contributed by atoms with Crippen LogP contribution in [-0.4, -0.2) is 21.0 Å². The van der Waals surface area contributed by atoms with E-state index in [0.717, 1.165) is 23.7 Å². The second-order valence-corrected chi connectivity index (χ2v) is 7.24. The van der Waals surface area contributed by atoms with Crippen molar-refractivity contribution in [2.75, 3.05) is 6.54 Å². The minimum Gasteiger partial charge on any atom is -0.330 e. The van der Waals surface area contributed by atoms with E-state index in [1.165, 1.54) is 0 Å². The normalized spacial score (nSPS) is 24.3. The van der Waals surface area contributed by atoms with E-state index in [4.69, 9.17) is 5.73 Å². The third-order valence-corrected chi connectivity index (χ3v) is 5.43. The summed E-state index contributed by atoms with van der Waals surface area (Å²) in [5, 5.41) is 0. The third-order valence-electron chi connectivity index (χ3n) is 3.39. The molecule has 0 saturated heterocycles. The van der Waals surface area contributed by atoms with Gasteiger partial charge in [-0.2, -0.15) is 0 Å². The zero-order valence-corrected chi connectivity index (χ0v) is 12.4. The van der Waals surface area contributed by atoms with Gasteiger partial charge in [-0.15, -0.1) is 0 Å². The zero-order valence-electron chi connectivity index (χ0n) is 9.97. The minimum absolute atomic E-state index is 0.0244. The van der Waals surface area contributed by atoms with Crippen LogP contribution in [0.1, 0.15) is 19.3 Å². The first-order chi connectivity index (χ1) is 8.53. The lowest BCUT2D eigenvalue weighted by molar-refractivity contribution is 0.453. The second-order valence-electron chi connectivity index (χ2n) is 4.61. The molecule has 1 saturated carbocycles. The molecule has 0 aromatic heterocycles. The fraction of sp³-hybridized carbons (Fsp3) is 0.500. The van der Waals surface area contributed by atoms with Gasteiger partial charge >= 0.3 is 0 Å². The molecule has 3 N–H and O–H groups in total. The molecule has 100 valence electrons. The van der Waals surface area contributed by atoms with Crippen LogP contribution in [0.2, 0.25) is 0 Å². The van der Waals surface area contributed by atoms with E-state index in [-0.39, 0.29) is 12.0 Å². The molecule has 4 nitrogen and oxygen atoms in total. The molecule has 6 heteroatoms. The molecule has 0 amide bonds. The van der Waals surface area contributed by atoms with Crippen molar-refractivity contribution < 1.29 is 8.42 Å². The Kier molecular flexibility index (Phi) is 4.42. The molecule has 0 bridgehead atoms. The Labute approximate surface area is 116 Å². The molecular formula is C12H17BrN2O2S. The van der Waals surface area contributed by atoms with E-state index in [9.17, 15) is 8.42 Å². The van der Waals surface area contributed by atoms with Crippen molar-refractivity contribution in [3.05, 3.63) is 28.7 Å². The molecule has 1 aromatic carbocycles. The van der Waals surface area contributed by atoms with Crippen LogP contribution >= 0.6 is 15.9 Å². The van der Waals surface area contributed by atoms with E-state index < -0.39 is 10.0 Å². The van der Waals surface area contributed by atoms with Crippen LogP contribution < -0.4 is 10.5 Å². The SMILES string of the molecule is NCC1CCCC1NS(=O)(=O)c1ccc(Br)cc1. The fourth-order valence-electron chi connectivity index (χ4n) is 2.36. The highest BCUT2D eigenvalue weighted by Crippen LogP contribution is 2.26. The van der Waals surface area contributed by atoms with Gasteiger partial charge in [-0.3, -0.25) is 0 Å². The van der Waals surface area contributed by atoms with Crippen molar-refractivity contribution in [1.29, 1.82) is 0 Å². The molecule has 0 heterocycles. The molecule has 0 radical (unpaired) electrons. The minimum atomic E-state index is -3.43. The topological polar surface area (TPSA) is 72.2 Å². The van der Waals surface area contributed by atoms with Gasteiger partial charge in [0.15, 0.2) is 0 Å². The Hall–Kier alpha value is -0.430. The molecule has 1 aliphatic carbocycles. The standard InChI is InChI=1S/C12H17BrN2O2S/c13-10-4-6-11(7-5-10)18(16,17)15-12-3-1-2-9(12)8-14/h4-7,9,12,15H,1-3,8,14H2. The summed E-state index contributed by atoms with van der Waals surface area (Å²) in [6.45, 7) is 0.535. The average molecular weight is 333 g/mol. The molecular weight excluding hydrogens is 316 g/mol. The Balaban J connectivity index is 2.14. The highest BCUT2D eigenvalue weighted by atomic mass is 79.9. The summed E-state index contributed by atoms with van der Waals surface area (Å²) in [5.74, 6) is 0.259. The van der Waals surface area contributed by atoms with Crippen LogP contribution in [0.15, 0.2) is 33.6 Å². The quantitative estimate of drug-likeness (QED) is 0.883. The summed E-state index contributed by atoms with van der Waals surface area (Å²) in [5.41, 5.74) is 5.66. The van der Waals surface area contributed by atoms with Gasteiger partial charge in [0.1, 0.15) is 0 Å². The number of sulfonamides is 1. The molecule has 1 fully saturated rings. The lowest BCUT2D eigenvalue weighted by atomic mass is 10.1. The van der Waals surface area contributed by atoms with Gasteiger partial charge in [-0.25, -0.2) is 13.1 Å². The number of rotatable bonds is 4. The average Bonchev–Trinajstić information content (AvgIpc) is 2.76. The number of nitrogens with one attached hydrogen (secondary N) is 1. The highest BCUT2D eigenvalue weighted by Gasteiger charge is 2.30. The smallest absolute Gasteiger partial charge is 0.240 e. The summed E-state index contributed by atoms with van der Waals surface area (Å²) in [6.07, 6.45) is 2.91. The molecule has 2 unspecified atom stereocenters. The van der Waals surface area contributed by atoms with Gasteiger partial charge in [0.05, 0.1) is 4.90 Å². The largest absolute Gasteiger partial charge is 0.330 e. The van der Waals surface area contributed by atoms with Crippen molar-refractivity contribution in [2.45, 2.75) is 30.2 Å². The molecule has 0 aliphatic heterocycles. The van der Waals surface area contributed by atoms with Gasteiger partial charge < -0.3 is 5.73 Å². The summed E-state index contributed by atoms with van der Waals surface area (Å²) < 4.78 is 28.0. The van der Waals surface area contributed by atoms with Gasteiger partial charge in [0.25, 0.3) is 0 Å². The number of nitrogens with two attached hydrogens (primary N) is 1. The molecule has 18 heavy (non-hydrogen) atoms. The number of benzene rings is 1. The Morgan fingerprint density at radius 2 is 1.94 bits per heavy atom. The summed E-state index contributed by atoms with van der Waals surface area (Å²) in [6, 6.07) is 6.62. The maximum atomic E-state index is 12.2. The van der Waals surface area contributed by atoms with Crippen LogP contribution in [0, 0.1) is 5.92 Å². The maximum Gasteiger partial charge on any atom is 0.240 e. The number of hydrogen-bond acceptors (Lipinski definition) is 3. The first kappa shape index (κ1) is 14.0. The van der Waals surface area contributed by atoms with Gasteiger partial charge in [-0.05, 0) is 49.6 Å². The molecule has 2 atom stereocenters. The monoisotopic (exact) mass is 332 g/mol.